The van der Waals surface area contributed by atoms with Crippen molar-refractivity contribution in [3.8, 4) is 16.5 Å². The number of anilines is 3. The number of amides is 1. The van der Waals surface area contributed by atoms with Gasteiger partial charge in [0.05, 0.1) is 17.9 Å². The molecule has 6 rings (SSSR count). The molecule has 5 N–H and O–H groups in total. The van der Waals surface area contributed by atoms with Gasteiger partial charge in [-0.05, 0) is 54.7 Å². The van der Waals surface area contributed by atoms with Crippen molar-refractivity contribution in [2.45, 2.75) is 32.1 Å². The first-order valence-corrected chi connectivity index (χ1v) is 15.6. The Morgan fingerprint density at radius 2 is 1.98 bits per heavy atom. The maximum atomic E-state index is 13.7. The third-order valence-electron chi connectivity index (χ3n) is 7.23. The summed E-state index contributed by atoms with van der Waals surface area (Å²) in [5.41, 5.74) is 16.3. The van der Waals surface area contributed by atoms with Crippen molar-refractivity contribution in [1.29, 1.82) is 5.26 Å². The lowest BCUT2D eigenvalue weighted by atomic mass is 9.83. The van der Waals surface area contributed by atoms with Gasteiger partial charge in [0.1, 0.15) is 32.2 Å². The average molecular weight is 600 g/mol. The van der Waals surface area contributed by atoms with Crippen molar-refractivity contribution < 1.29 is 14.3 Å². The van der Waals surface area contributed by atoms with E-state index in [4.69, 9.17) is 16.2 Å². The topological polar surface area (TPSA) is 144 Å². The molecule has 11 heteroatoms. The van der Waals surface area contributed by atoms with Crippen LogP contribution in [0, 0.1) is 11.3 Å². The van der Waals surface area contributed by atoms with Crippen LogP contribution < -0.4 is 16.8 Å². The molecule has 4 heterocycles. The number of aromatic nitrogens is 1. The molecule has 1 aromatic carbocycles. The molecule has 0 bridgehead atoms. The Labute approximate surface area is 248 Å². The molecule has 206 valence electrons. The molecule has 0 saturated carbocycles. The number of esters is 1. The van der Waals surface area contributed by atoms with Gasteiger partial charge in [-0.3, -0.25) is 4.79 Å². The predicted octanol–water partition coefficient (Wildman–Crippen LogP) is 6.82. The number of nitriles is 1. The molecule has 1 atom stereocenters. The fourth-order valence-electron chi connectivity index (χ4n) is 5.38. The van der Waals surface area contributed by atoms with Crippen molar-refractivity contribution in [2.24, 2.45) is 0 Å². The van der Waals surface area contributed by atoms with E-state index >= 15 is 0 Å². The summed E-state index contributed by atoms with van der Waals surface area (Å²) >= 11 is 3.97. The Morgan fingerprint density at radius 3 is 2.68 bits per heavy atom. The fraction of sp³-hybridized carbons (Fsp3) is 0.200. The lowest BCUT2D eigenvalue weighted by Crippen LogP contribution is -2.17. The summed E-state index contributed by atoms with van der Waals surface area (Å²) in [5.74, 6) is -0.486. The summed E-state index contributed by atoms with van der Waals surface area (Å²) in [6, 6.07) is 16.2. The molecule has 8 nitrogen and oxygen atoms in total. The van der Waals surface area contributed by atoms with Gasteiger partial charge in [-0.1, -0.05) is 36.4 Å². The average Bonchev–Trinajstić information content (AvgIpc) is 3.70. The number of ether oxygens (including phenoxy) is 1. The number of nitrogens with one attached hydrogen (secondary N) is 1. The van der Waals surface area contributed by atoms with Crippen LogP contribution >= 0.6 is 34.0 Å². The predicted molar refractivity (Wildman–Crippen MR) is 166 cm³/mol. The molecule has 0 aliphatic heterocycles. The summed E-state index contributed by atoms with van der Waals surface area (Å²) in [7, 11) is 0. The number of nitrogens with two attached hydrogens (primary N) is 2. The highest BCUT2D eigenvalue weighted by Crippen LogP contribution is 2.46. The van der Waals surface area contributed by atoms with Crippen molar-refractivity contribution in [1.82, 2.24) is 4.98 Å². The Bertz CT molecular complexity index is 1830. The first-order valence-electron chi connectivity index (χ1n) is 13.0. The molecular weight excluding hydrogens is 575 g/mol. The van der Waals surface area contributed by atoms with E-state index in [-0.39, 0.29) is 28.6 Å². The number of nitrogen functional groups attached to an aromatic ring is 2. The standard InChI is InChI=1S/C30H25N5O3S3/c1-2-38-30(37)22-17-11-10-16(15-7-4-3-5-8-15)13-20(17)40-28(22)35-27(36)25-24(32)23-21(19-9-6-12-39-19)18(14-31)26(33)34-29(23)41-25/h3-9,12,16H,2,10-11,13,32H2,1H3,(H2,33,34)(H,35,36). The molecule has 1 amide bonds. The number of benzene rings is 1. The van der Waals surface area contributed by atoms with Crippen molar-refractivity contribution in [3.63, 3.8) is 0 Å². The lowest BCUT2D eigenvalue weighted by Gasteiger charge is -2.23. The minimum Gasteiger partial charge on any atom is -0.462 e. The third-order valence-corrected chi connectivity index (χ3v) is 10.4. The number of nitrogens with zero attached hydrogens (tertiary/aromatic N) is 2. The first kappa shape index (κ1) is 27.0. The molecule has 0 radical (unpaired) electrons. The molecule has 41 heavy (non-hydrogen) atoms. The molecule has 1 unspecified atom stereocenters. The Kier molecular flexibility index (Phi) is 7.21. The van der Waals surface area contributed by atoms with E-state index in [1.807, 2.05) is 35.7 Å². The van der Waals surface area contributed by atoms with Crippen LogP contribution in [0.4, 0.5) is 16.5 Å². The maximum Gasteiger partial charge on any atom is 0.341 e. The first-order chi connectivity index (χ1) is 19.9. The van der Waals surface area contributed by atoms with Gasteiger partial charge >= 0.3 is 5.97 Å². The van der Waals surface area contributed by atoms with E-state index in [9.17, 15) is 14.9 Å². The van der Waals surface area contributed by atoms with Gasteiger partial charge in [0, 0.05) is 20.7 Å². The van der Waals surface area contributed by atoms with E-state index in [0.717, 1.165) is 39.5 Å². The van der Waals surface area contributed by atoms with Crippen LogP contribution in [0.3, 0.4) is 0 Å². The van der Waals surface area contributed by atoms with Gasteiger partial charge in [-0.2, -0.15) is 5.26 Å². The van der Waals surface area contributed by atoms with Crippen molar-refractivity contribution in [3.05, 3.63) is 79.9 Å². The molecule has 1 aliphatic rings. The van der Waals surface area contributed by atoms with Crippen molar-refractivity contribution >= 4 is 72.6 Å². The van der Waals surface area contributed by atoms with Gasteiger partial charge in [-0.25, -0.2) is 9.78 Å². The zero-order valence-electron chi connectivity index (χ0n) is 22.0. The lowest BCUT2D eigenvalue weighted by molar-refractivity contribution is 0.0526. The molecule has 5 aromatic rings. The Balaban J connectivity index is 1.40. The molecule has 1 aliphatic carbocycles. The Hall–Kier alpha value is -4.24. The van der Waals surface area contributed by atoms with Crippen LogP contribution in [-0.2, 0) is 17.6 Å². The highest BCUT2D eigenvalue weighted by atomic mass is 32.1. The van der Waals surface area contributed by atoms with Gasteiger partial charge in [0.25, 0.3) is 5.91 Å². The smallest absolute Gasteiger partial charge is 0.341 e. The summed E-state index contributed by atoms with van der Waals surface area (Å²) in [5, 5.41) is 15.7. The SMILES string of the molecule is CCOC(=O)c1c(NC(=O)c2sc3nc(N)c(C#N)c(-c4cccs4)c3c2N)sc2c1CCC(c1ccccc1)C2. The molecule has 0 saturated heterocycles. The summed E-state index contributed by atoms with van der Waals surface area (Å²) < 4.78 is 5.40. The van der Waals surface area contributed by atoms with Gasteiger partial charge in [-0.15, -0.1) is 34.0 Å². The summed E-state index contributed by atoms with van der Waals surface area (Å²) in [4.78, 5) is 33.8. The molecule has 0 spiro atoms. The van der Waals surface area contributed by atoms with E-state index in [2.05, 4.69) is 28.5 Å². The van der Waals surface area contributed by atoms with Gasteiger partial charge in [0.15, 0.2) is 0 Å². The number of thiophene rings is 3. The largest absolute Gasteiger partial charge is 0.462 e. The Morgan fingerprint density at radius 1 is 1.17 bits per heavy atom. The van der Waals surface area contributed by atoms with E-state index in [0.29, 0.717) is 38.7 Å². The number of rotatable bonds is 6. The zero-order chi connectivity index (χ0) is 28.7. The number of carbonyl (C=O) groups is 2. The van der Waals surface area contributed by atoms with E-state index in [1.54, 1.807) is 6.92 Å². The number of hydrogen-bond donors (Lipinski definition) is 3. The zero-order valence-corrected chi connectivity index (χ0v) is 24.5. The van der Waals surface area contributed by atoms with Crippen molar-refractivity contribution in [2.75, 3.05) is 23.4 Å². The van der Waals surface area contributed by atoms with E-state index < -0.39 is 11.9 Å². The number of hydrogen-bond acceptors (Lipinski definition) is 10. The normalized spacial score (nSPS) is 14.4. The van der Waals surface area contributed by atoms with Crippen LogP contribution in [0.5, 0.6) is 0 Å². The second-order valence-electron chi connectivity index (χ2n) is 9.59. The van der Waals surface area contributed by atoms with Crippen LogP contribution in [0.1, 0.15) is 60.9 Å². The summed E-state index contributed by atoms with van der Waals surface area (Å²) in [6.45, 7) is 1.99. The highest BCUT2D eigenvalue weighted by molar-refractivity contribution is 7.22. The highest BCUT2D eigenvalue weighted by Gasteiger charge is 2.32. The monoisotopic (exact) mass is 599 g/mol. The summed E-state index contributed by atoms with van der Waals surface area (Å²) in [6.07, 6.45) is 2.39. The molecular formula is C30H25N5O3S3. The minimum atomic E-state index is -0.455. The van der Waals surface area contributed by atoms with Gasteiger partial charge in [0.2, 0.25) is 0 Å². The fourth-order valence-corrected chi connectivity index (χ4v) is 8.48. The maximum absolute atomic E-state index is 13.7. The van der Waals surface area contributed by atoms with Crippen LogP contribution in [-0.4, -0.2) is 23.5 Å². The van der Waals surface area contributed by atoms with Gasteiger partial charge < -0.3 is 21.5 Å². The second kappa shape index (κ2) is 11.0. The van der Waals surface area contributed by atoms with Crippen LogP contribution in [0.2, 0.25) is 0 Å². The van der Waals surface area contributed by atoms with E-state index in [1.165, 1.54) is 28.2 Å². The third kappa shape index (κ3) is 4.74. The number of pyridine rings is 1. The minimum absolute atomic E-state index is 0.0834. The number of carbonyl (C=O) groups excluding carboxylic acids is 2. The second-order valence-corrected chi connectivity index (χ2v) is 12.6. The van der Waals surface area contributed by atoms with Crippen LogP contribution in [0.25, 0.3) is 20.7 Å². The molecule has 4 aromatic heterocycles. The van der Waals surface area contributed by atoms with Crippen LogP contribution in [0.15, 0.2) is 47.8 Å². The quantitative estimate of drug-likeness (QED) is 0.182. The number of fused-ring (bicyclic) bond motifs is 2. The molecule has 0 fully saturated rings.